The summed E-state index contributed by atoms with van der Waals surface area (Å²) in [5.41, 5.74) is 6.09. The molecule has 0 aromatic heterocycles. The molecule has 1 aromatic carbocycles. The van der Waals surface area contributed by atoms with E-state index < -0.39 is 5.97 Å². The summed E-state index contributed by atoms with van der Waals surface area (Å²) in [6.07, 6.45) is 1.29. The van der Waals surface area contributed by atoms with Gasteiger partial charge in [0, 0.05) is 18.5 Å². The van der Waals surface area contributed by atoms with Crippen LogP contribution in [0, 0.1) is 0 Å². The van der Waals surface area contributed by atoms with Gasteiger partial charge in [0.25, 0.3) is 0 Å². The van der Waals surface area contributed by atoms with Crippen molar-refractivity contribution in [3.05, 3.63) is 24.3 Å². The molecule has 0 heterocycles. The van der Waals surface area contributed by atoms with Crippen molar-refractivity contribution in [2.45, 2.75) is 25.7 Å². The van der Waals surface area contributed by atoms with Crippen LogP contribution in [0.5, 0.6) is 5.75 Å². The highest BCUT2D eigenvalue weighted by atomic mass is 16.5. The van der Waals surface area contributed by atoms with Gasteiger partial charge in [-0.25, -0.2) is 0 Å². The number of unbranched alkanes of at least 4 members (excludes halogenated alkanes) is 1. The molecule has 0 spiro atoms. The molecule has 0 radical (unpaired) electrons. The number of nitrogens with two attached hydrogens (primary N) is 1. The zero-order valence-electron chi connectivity index (χ0n) is 9.39. The Morgan fingerprint density at radius 3 is 2.29 bits per heavy atom. The number of carbonyl (C=O) groups is 2. The number of hydrogen-bond acceptors (Lipinski definition) is 4. The van der Waals surface area contributed by atoms with E-state index in [9.17, 15) is 9.59 Å². The van der Waals surface area contributed by atoms with Crippen molar-refractivity contribution >= 4 is 17.6 Å². The first-order valence-corrected chi connectivity index (χ1v) is 5.36. The number of esters is 1. The minimum atomic E-state index is -0.850. The fourth-order valence-corrected chi connectivity index (χ4v) is 1.26. The van der Waals surface area contributed by atoms with Crippen molar-refractivity contribution in [2.24, 2.45) is 0 Å². The molecule has 0 amide bonds. The van der Waals surface area contributed by atoms with E-state index in [1.165, 1.54) is 0 Å². The van der Waals surface area contributed by atoms with Crippen LogP contribution < -0.4 is 10.5 Å². The third kappa shape index (κ3) is 5.55. The molecule has 5 heteroatoms. The van der Waals surface area contributed by atoms with E-state index in [4.69, 9.17) is 15.6 Å². The van der Waals surface area contributed by atoms with Gasteiger partial charge in [0.15, 0.2) is 0 Å². The van der Waals surface area contributed by atoms with Gasteiger partial charge < -0.3 is 15.6 Å². The minimum Gasteiger partial charge on any atom is -0.481 e. The molecular weight excluding hydrogens is 222 g/mol. The van der Waals surface area contributed by atoms with Crippen LogP contribution in [-0.4, -0.2) is 17.0 Å². The average Bonchev–Trinajstić information content (AvgIpc) is 2.27. The highest BCUT2D eigenvalue weighted by Crippen LogP contribution is 2.14. The zero-order chi connectivity index (χ0) is 12.7. The first kappa shape index (κ1) is 13.0. The standard InChI is InChI=1S/C12H15NO4/c13-9-5-7-10(8-6-9)17-12(16)4-2-1-3-11(14)15/h5-8H,1-4,13H2,(H,14,15). The van der Waals surface area contributed by atoms with Gasteiger partial charge in [-0.05, 0) is 37.1 Å². The molecular formula is C12H15NO4. The van der Waals surface area contributed by atoms with Gasteiger partial charge in [0.2, 0.25) is 0 Å². The van der Waals surface area contributed by atoms with E-state index in [0.717, 1.165) is 0 Å². The molecule has 0 aliphatic heterocycles. The molecule has 0 unspecified atom stereocenters. The summed E-state index contributed by atoms with van der Waals surface area (Å²) in [5.74, 6) is -0.764. The Hall–Kier alpha value is -2.04. The number of anilines is 1. The molecule has 0 fully saturated rings. The predicted molar refractivity (Wildman–Crippen MR) is 62.6 cm³/mol. The van der Waals surface area contributed by atoms with Gasteiger partial charge in [-0.1, -0.05) is 0 Å². The van der Waals surface area contributed by atoms with Crippen molar-refractivity contribution < 1.29 is 19.4 Å². The molecule has 92 valence electrons. The first-order valence-electron chi connectivity index (χ1n) is 5.36. The number of carbonyl (C=O) groups excluding carboxylic acids is 1. The Balaban J connectivity index is 2.25. The van der Waals surface area contributed by atoms with Gasteiger partial charge >= 0.3 is 11.9 Å². The van der Waals surface area contributed by atoms with Crippen molar-refractivity contribution in [3.8, 4) is 5.75 Å². The van der Waals surface area contributed by atoms with Crippen LogP contribution >= 0.6 is 0 Å². The Bertz CT molecular complexity index is 386. The first-order chi connectivity index (χ1) is 8.08. The second-order valence-corrected chi connectivity index (χ2v) is 3.64. The average molecular weight is 237 g/mol. The summed E-state index contributed by atoms with van der Waals surface area (Å²) in [6.45, 7) is 0. The maximum atomic E-state index is 11.3. The fraction of sp³-hybridized carbons (Fsp3) is 0.333. The summed E-state index contributed by atoms with van der Waals surface area (Å²) < 4.78 is 5.03. The molecule has 17 heavy (non-hydrogen) atoms. The van der Waals surface area contributed by atoms with Crippen LogP contribution in [-0.2, 0) is 9.59 Å². The maximum Gasteiger partial charge on any atom is 0.311 e. The molecule has 0 bridgehead atoms. The van der Waals surface area contributed by atoms with Crippen LogP contribution in [0.15, 0.2) is 24.3 Å². The third-order valence-electron chi connectivity index (χ3n) is 2.13. The third-order valence-corrected chi connectivity index (χ3v) is 2.13. The quantitative estimate of drug-likeness (QED) is 0.341. The number of ether oxygens (including phenoxy) is 1. The largest absolute Gasteiger partial charge is 0.481 e. The number of benzene rings is 1. The maximum absolute atomic E-state index is 11.3. The summed E-state index contributed by atoms with van der Waals surface area (Å²) in [5, 5.41) is 8.41. The Kier molecular flexibility index (Phi) is 5.00. The normalized spacial score (nSPS) is 9.88. The highest BCUT2D eigenvalue weighted by Gasteiger charge is 2.05. The highest BCUT2D eigenvalue weighted by molar-refractivity contribution is 5.72. The Morgan fingerprint density at radius 1 is 1.12 bits per heavy atom. The number of aliphatic carboxylic acids is 1. The summed E-state index contributed by atoms with van der Waals surface area (Å²) in [6, 6.07) is 6.52. The van der Waals surface area contributed by atoms with Gasteiger partial charge in [-0.2, -0.15) is 0 Å². The lowest BCUT2D eigenvalue weighted by Crippen LogP contribution is -2.07. The van der Waals surface area contributed by atoms with Crippen LogP contribution in [0.25, 0.3) is 0 Å². The molecule has 0 aliphatic rings. The molecule has 1 aromatic rings. The predicted octanol–water partition coefficient (Wildman–Crippen LogP) is 1.82. The number of hydrogen-bond donors (Lipinski definition) is 2. The second-order valence-electron chi connectivity index (χ2n) is 3.64. The number of rotatable bonds is 6. The van der Waals surface area contributed by atoms with E-state index in [-0.39, 0.29) is 18.8 Å². The van der Waals surface area contributed by atoms with E-state index >= 15 is 0 Å². The smallest absolute Gasteiger partial charge is 0.311 e. The summed E-state index contributed by atoms with van der Waals surface area (Å²) in [4.78, 5) is 21.6. The lowest BCUT2D eigenvalue weighted by molar-refractivity contribution is -0.138. The van der Waals surface area contributed by atoms with Gasteiger partial charge in [-0.3, -0.25) is 9.59 Å². The van der Waals surface area contributed by atoms with E-state index in [1.807, 2.05) is 0 Å². The van der Waals surface area contributed by atoms with Crippen LogP contribution in [0.2, 0.25) is 0 Å². The number of carboxylic acids is 1. The van der Waals surface area contributed by atoms with Crippen molar-refractivity contribution in [1.29, 1.82) is 0 Å². The Labute approximate surface area is 99.2 Å². The SMILES string of the molecule is Nc1ccc(OC(=O)CCCCC(=O)O)cc1. The molecule has 0 atom stereocenters. The van der Waals surface area contributed by atoms with Crippen molar-refractivity contribution in [1.82, 2.24) is 0 Å². The number of carboxylic acid groups (broad SMARTS) is 1. The minimum absolute atomic E-state index is 0.0785. The van der Waals surface area contributed by atoms with Crippen LogP contribution in [0.1, 0.15) is 25.7 Å². The molecule has 5 nitrogen and oxygen atoms in total. The molecule has 0 aliphatic carbocycles. The molecule has 1 rings (SSSR count). The second kappa shape index (κ2) is 6.52. The molecule has 0 saturated heterocycles. The monoisotopic (exact) mass is 237 g/mol. The van der Waals surface area contributed by atoms with Crippen molar-refractivity contribution in [2.75, 3.05) is 5.73 Å². The topological polar surface area (TPSA) is 89.6 Å². The van der Waals surface area contributed by atoms with Crippen molar-refractivity contribution in [3.63, 3.8) is 0 Å². The van der Waals surface area contributed by atoms with Gasteiger partial charge in [0.1, 0.15) is 5.75 Å². The summed E-state index contributed by atoms with van der Waals surface area (Å²) >= 11 is 0. The lowest BCUT2D eigenvalue weighted by Gasteiger charge is -2.04. The number of nitrogen functional groups attached to an aromatic ring is 1. The van der Waals surface area contributed by atoms with Crippen LogP contribution in [0.4, 0.5) is 5.69 Å². The summed E-state index contributed by atoms with van der Waals surface area (Å²) in [7, 11) is 0. The van der Waals surface area contributed by atoms with E-state index in [0.29, 0.717) is 24.3 Å². The van der Waals surface area contributed by atoms with Gasteiger partial charge in [-0.15, -0.1) is 0 Å². The van der Waals surface area contributed by atoms with Crippen LogP contribution in [0.3, 0.4) is 0 Å². The van der Waals surface area contributed by atoms with E-state index in [2.05, 4.69) is 0 Å². The molecule has 0 saturated carbocycles. The molecule has 3 N–H and O–H groups in total. The zero-order valence-corrected chi connectivity index (χ0v) is 9.39. The lowest BCUT2D eigenvalue weighted by atomic mass is 10.2. The fourth-order valence-electron chi connectivity index (χ4n) is 1.26. The Morgan fingerprint density at radius 2 is 1.71 bits per heavy atom. The van der Waals surface area contributed by atoms with Gasteiger partial charge in [0.05, 0.1) is 0 Å². The van der Waals surface area contributed by atoms with E-state index in [1.54, 1.807) is 24.3 Å².